The third-order valence-electron chi connectivity index (χ3n) is 8.48. The van der Waals surface area contributed by atoms with Gasteiger partial charge in [-0.2, -0.15) is 18.3 Å². The molecule has 0 aromatic carbocycles. The zero-order valence-electron chi connectivity index (χ0n) is 18.4. The van der Waals surface area contributed by atoms with Crippen molar-refractivity contribution >= 4 is 11.6 Å². The number of likely N-dealkylation sites (tertiary alicyclic amines) is 1. The summed E-state index contributed by atoms with van der Waals surface area (Å²) in [6.45, 7) is 2.84. The van der Waals surface area contributed by atoms with Crippen molar-refractivity contribution < 1.29 is 18.0 Å². The molecule has 0 unspecified atom stereocenters. The molecule has 1 atom stereocenters. The predicted molar refractivity (Wildman–Crippen MR) is 112 cm³/mol. The van der Waals surface area contributed by atoms with E-state index >= 15 is 0 Å². The van der Waals surface area contributed by atoms with Gasteiger partial charge in [-0.1, -0.05) is 0 Å². The molecule has 172 valence electrons. The van der Waals surface area contributed by atoms with Crippen LogP contribution in [0.2, 0.25) is 0 Å². The van der Waals surface area contributed by atoms with Crippen LogP contribution in [0.3, 0.4) is 0 Å². The van der Waals surface area contributed by atoms with Crippen molar-refractivity contribution in [1.82, 2.24) is 19.5 Å². The smallest absolute Gasteiger partial charge is 0.342 e. The first-order valence-corrected chi connectivity index (χ1v) is 11.9. The minimum atomic E-state index is -4.52. The normalized spacial score (nSPS) is 34.4. The van der Waals surface area contributed by atoms with Gasteiger partial charge in [0.2, 0.25) is 5.91 Å². The van der Waals surface area contributed by atoms with E-state index < -0.39 is 11.9 Å². The van der Waals surface area contributed by atoms with Gasteiger partial charge >= 0.3 is 6.18 Å². The number of carbonyl (C=O) groups excluding carboxylic acids is 1. The average Bonchev–Trinajstić information content (AvgIpc) is 3.10. The zero-order chi connectivity index (χ0) is 22.3. The van der Waals surface area contributed by atoms with Gasteiger partial charge in [0.25, 0.3) is 0 Å². The standard InChI is InChI=1S/C24H29F3N4O/c1-14-5-21-28-19(9-20(24(25,26)27)31(21)29-14)18-3-2-4-30(13-18)22(32)23-10-15-6-16(11-23)8-17(7-15)12-23/h5,9,15-18H,2-4,6-8,10-13H2,1H3/t15?,16?,17?,18-,23?/m0/s1. The molecule has 0 spiro atoms. The number of piperidine rings is 1. The fourth-order valence-electron chi connectivity index (χ4n) is 7.63. The van der Waals surface area contributed by atoms with Gasteiger partial charge in [0.1, 0.15) is 5.69 Å². The Kier molecular flexibility index (Phi) is 4.44. The largest absolute Gasteiger partial charge is 0.433 e. The van der Waals surface area contributed by atoms with Gasteiger partial charge in [-0.25, -0.2) is 9.50 Å². The molecule has 2 aromatic heterocycles. The van der Waals surface area contributed by atoms with Crippen molar-refractivity contribution in [2.75, 3.05) is 13.1 Å². The molecule has 7 rings (SSSR count). The molecule has 5 fully saturated rings. The van der Waals surface area contributed by atoms with Crippen LogP contribution in [0.5, 0.6) is 0 Å². The molecular weight excluding hydrogens is 417 g/mol. The van der Waals surface area contributed by atoms with E-state index in [0.717, 1.165) is 42.7 Å². The molecule has 1 amide bonds. The van der Waals surface area contributed by atoms with E-state index in [2.05, 4.69) is 10.1 Å². The number of halogens is 3. The Balaban J connectivity index is 1.29. The maximum atomic E-state index is 13.8. The summed E-state index contributed by atoms with van der Waals surface area (Å²) in [6.07, 6.45) is 3.91. The highest BCUT2D eigenvalue weighted by Crippen LogP contribution is 2.60. The fraction of sp³-hybridized carbons (Fsp3) is 0.708. The number of hydrogen-bond donors (Lipinski definition) is 0. The van der Waals surface area contributed by atoms with Crippen molar-refractivity contribution in [2.24, 2.45) is 23.2 Å². The lowest BCUT2D eigenvalue weighted by Crippen LogP contribution is -2.55. The van der Waals surface area contributed by atoms with Gasteiger partial charge in [0.15, 0.2) is 5.65 Å². The minimum absolute atomic E-state index is 0.178. The molecule has 4 saturated carbocycles. The third kappa shape index (κ3) is 3.24. The van der Waals surface area contributed by atoms with Gasteiger partial charge in [0.05, 0.1) is 11.1 Å². The Morgan fingerprint density at radius 1 is 1.09 bits per heavy atom. The second kappa shape index (κ2) is 6.94. The van der Waals surface area contributed by atoms with Crippen molar-refractivity contribution in [3.8, 4) is 0 Å². The fourth-order valence-corrected chi connectivity index (χ4v) is 7.63. The van der Waals surface area contributed by atoms with Gasteiger partial charge in [-0.15, -0.1) is 0 Å². The Bertz CT molecular complexity index is 1040. The topological polar surface area (TPSA) is 50.5 Å². The number of hydrogen-bond acceptors (Lipinski definition) is 3. The first kappa shape index (κ1) is 20.5. The average molecular weight is 447 g/mol. The molecule has 4 bridgehead atoms. The maximum Gasteiger partial charge on any atom is 0.433 e. The molecule has 5 nitrogen and oxygen atoms in total. The van der Waals surface area contributed by atoms with Crippen LogP contribution in [-0.2, 0) is 11.0 Å². The molecule has 1 aliphatic heterocycles. The number of rotatable bonds is 2. The van der Waals surface area contributed by atoms with Crippen molar-refractivity contribution in [3.63, 3.8) is 0 Å². The Labute approximate surface area is 185 Å². The van der Waals surface area contributed by atoms with Crippen LogP contribution in [0, 0.1) is 30.1 Å². The highest BCUT2D eigenvalue weighted by Gasteiger charge is 2.55. The summed E-state index contributed by atoms with van der Waals surface area (Å²) in [4.78, 5) is 20.3. The van der Waals surface area contributed by atoms with Crippen molar-refractivity contribution in [1.29, 1.82) is 0 Å². The van der Waals surface area contributed by atoms with Gasteiger partial charge in [-0.3, -0.25) is 4.79 Å². The Hall–Kier alpha value is -2.12. The van der Waals surface area contributed by atoms with Gasteiger partial charge in [0, 0.05) is 30.8 Å². The lowest BCUT2D eigenvalue weighted by atomic mass is 9.49. The molecule has 3 heterocycles. The zero-order valence-corrected chi connectivity index (χ0v) is 18.4. The van der Waals surface area contributed by atoms with Crippen LogP contribution in [0.25, 0.3) is 5.65 Å². The first-order chi connectivity index (χ1) is 15.2. The molecular formula is C24H29F3N4O. The predicted octanol–water partition coefficient (Wildman–Crippen LogP) is 4.98. The van der Waals surface area contributed by atoms with E-state index in [9.17, 15) is 18.0 Å². The number of carbonyl (C=O) groups is 1. The molecule has 0 N–H and O–H groups in total. The van der Waals surface area contributed by atoms with Crippen LogP contribution >= 0.6 is 0 Å². The number of fused-ring (bicyclic) bond motifs is 1. The number of aromatic nitrogens is 3. The van der Waals surface area contributed by atoms with Gasteiger partial charge in [-0.05, 0) is 82.1 Å². The Morgan fingerprint density at radius 2 is 1.75 bits per heavy atom. The molecule has 2 aromatic rings. The van der Waals surface area contributed by atoms with E-state index in [4.69, 9.17) is 0 Å². The quantitative estimate of drug-likeness (QED) is 0.654. The van der Waals surface area contributed by atoms with E-state index in [-0.39, 0.29) is 22.9 Å². The molecule has 32 heavy (non-hydrogen) atoms. The highest BCUT2D eigenvalue weighted by molar-refractivity contribution is 5.83. The summed E-state index contributed by atoms with van der Waals surface area (Å²) >= 11 is 0. The van der Waals surface area contributed by atoms with Crippen LogP contribution in [0.15, 0.2) is 12.1 Å². The third-order valence-corrected chi connectivity index (χ3v) is 8.48. The summed E-state index contributed by atoms with van der Waals surface area (Å²) in [5, 5.41) is 3.98. The summed E-state index contributed by atoms with van der Waals surface area (Å²) in [7, 11) is 0. The molecule has 8 heteroatoms. The summed E-state index contributed by atoms with van der Waals surface area (Å²) in [5.41, 5.74) is 0.135. The van der Waals surface area contributed by atoms with Crippen LogP contribution in [0.1, 0.15) is 74.4 Å². The number of nitrogens with zero attached hydrogens (tertiary/aromatic N) is 4. The van der Waals surface area contributed by atoms with E-state index in [1.54, 1.807) is 13.0 Å². The van der Waals surface area contributed by atoms with E-state index in [1.807, 2.05) is 4.90 Å². The lowest BCUT2D eigenvalue weighted by molar-refractivity contribution is -0.159. The maximum absolute atomic E-state index is 13.8. The van der Waals surface area contributed by atoms with Crippen molar-refractivity contribution in [2.45, 2.75) is 70.4 Å². The van der Waals surface area contributed by atoms with Crippen LogP contribution in [-0.4, -0.2) is 38.5 Å². The molecule has 5 aliphatic rings. The molecule has 0 radical (unpaired) electrons. The van der Waals surface area contributed by atoms with Crippen molar-refractivity contribution in [3.05, 3.63) is 29.2 Å². The molecule has 4 aliphatic carbocycles. The number of alkyl halides is 3. The Morgan fingerprint density at radius 3 is 2.38 bits per heavy atom. The van der Waals surface area contributed by atoms with E-state index in [1.165, 1.54) is 19.3 Å². The second-order valence-corrected chi connectivity index (χ2v) is 10.9. The lowest BCUT2D eigenvalue weighted by Gasteiger charge is -2.57. The summed E-state index contributed by atoms with van der Waals surface area (Å²) in [5.74, 6) is 2.15. The monoisotopic (exact) mass is 446 g/mol. The van der Waals surface area contributed by atoms with Crippen LogP contribution in [0.4, 0.5) is 13.2 Å². The summed E-state index contributed by atoms with van der Waals surface area (Å²) in [6, 6.07) is 2.72. The number of aryl methyl sites for hydroxylation is 1. The minimum Gasteiger partial charge on any atom is -0.342 e. The number of amides is 1. The second-order valence-electron chi connectivity index (χ2n) is 10.9. The van der Waals surface area contributed by atoms with Crippen LogP contribution < -0.4 is 0 Å². The molecule has 1 saturated heterocycles. The first-order valence-electron chi connectivity index (χ1n) is 11.9. The van der Waals surface area contributed by atoms with Gasteiger partial charge < -0.3 is 4.90 Å². The summed E-state index contributed by atoms with van der Waals surface area (Å²) < 4.78 is 42.1. The SMILES string of the molecule is Cc1cc2nc([C@H]3CCCN(C(=O)C45CC6CC(CC(C6)C4)C5)C3)cc(C(F)(F)F)n2n1. The highest BCUT2D eigenvalue weighted by atomic mass is 19.4. The van der Waals surface area contributed by atoms with E-state index in [0.29, 0.717) is 42.2 Å².